The third kappa shape index (κ3) is 3.23. The van der Waals surface area contributed by atoms with Gasteiger partial charge in [0, 0.05) is 6.07 Å². The first-order valence-electron chi connectivity index (χ1n) is 6.13. The van der Waals surface area contributed by atoms with Crippen molar-refractivity contribution in [1.82, 2.24) is 5.43 Å². The van der Waals surface area contributed by atoms with Gasteiger partial charge in [-0.15, -0.1) is 11.6 Å². The fourth-order valence-corrected chi connectivity index (χ4v) is 2.46. The lowest BCUT2D eigenvalue weighted by atomic mass is 10.1. The molecule has 0 spiro atoms. The van der Waals surface area contributed by atoms with Crippen molar-refractivity contribution >= 4 is 34.6 Å². The van der Waals surface area contributed by atoms with Crippen molar-refractivity contribution in [2.24, 2.45) is 0 Å². The Balaban J connectivity index is 2.40. The van der Waals surface area contributed by atoms with Crippen LogP contribution in [0.15, 0.2) is 18.2 Å². The Hall–Kier alpha value is -2.46. The van der Waals surface area contributed by atoms with Crippen LogP contribution in [0.1, 0.15) is 6.42 Å². The highest BCUT2D eigenvalue weighted by Crippen LogP contribution is 2.33. The number of nitrogens with zero attached hydrogens (tertiary/aromatic N) is 3. The number of hydrogen-bond acceptors (Lipinski definition) is 7. The molecule has 0 radical (unpaired) electrons. The van der Waals surface area contributed by atoms with Crippen molar-refractivity contribution in [2.75, 3.05) is 11.6 Å². The van der Waals surface area contributed by atoms with E-state index in [2.05, 4.69) is 5.43 Å². The summed E-state index contributed by atoms with van der Waals surface area (Å²) in [6, 6.07) is 2.13. The largest absolute Gasteiger partial charge is 0.480 e. The van der Waals surface area contributed by atoms with Crippen molar-refractivity contribution in [2.45, 2.75) is 17.8 Å². The number of hydrogen-bond donors (Lipinski definition) is 2. The first-order valence-corrected chi connectivity index (χ1v) is 6.56. The van der Waals surface area contributed by atoms with Crippen LogP contribution in [0.2, 0.25) is 0 Å². The molecule has 0 saturated carbocycles. The van der Waals surface area contributed by atoms with Crippen LogP contribution in [0.5, 0.6) is 0 Å². The van der Waals surface area contributed by atoms with E-state index in [1.54, 1.807) is 0 Å². The Labute approximate surface area is 128 Å². The van der Waals surface area contributed by atoms with Gasteiger partial charge in [-0.05, 0) is 12.5 Å². The van der Waals surface area contributed by atoms with Gasteiger partial charge in [-0.2, -0.15) is 0 Å². The molecule has 0 bridgehead atoms. The van der Waals surface area contributed by atoms with Crippen LogP contribution in [0, 0.1) is 20.2 Å². The van der Waals surface area contributed by atoms with Crippen LogP contribution in [0.3, 0.4) is 0 Å². The van der Waals surface area contributed by atoms with Crippen molar-refractivity contribution < 1.29 is 19.7 Å². The van der Waals surface area contributed by atoms with Gasteiger partial charge in [-0.3, -0.25) is 30.0 Å². The van der Waals surface area contributed by atoms with Crippen molar-refractivity contribution in [3.05, 3.63) is 38.4 Å². The van der Waals surface area contributed by atoms with E-state index in [0.717, 1.165) is 12.1 Å². The van der Waals surface area contributed by atoms with Gasteiger partial charge in [0.1, 0.15) is 11.7 Å². The van der Waals surface area contributed by atoms with Crippen LogP contribution in [0.4, 0.5) is 17.1 Å². The Bertz CT molecular complexity index is 639. The highest BCUT2D eigenvalue weighted by Gasteiger charge is 2.33. The van der Waals surface area contributed by atoms with Crippen LogP contribution in [0.25, 0.3) is 0 Å². The molecule has 1 fully saturated rings. The van der Waals surface area contributed by atoms with Crippen LogP contribution < -0.4 is 10.4 Å². The average molecular weight is 331 g/mol. The monoisotopic (exact) mass is 330 g/mol. The number of anilines is 1. The molecule has 0 unspecified atom stereocenters. The Morgan fingerprint density at radius 1 is 1.36 bits per heavy atom. The number of nitro benzene ring substituents is 2. The van der Waals surface area contributed by atoms with E-state index in [0.29, 0.717) is 0 Å². The SMILES string of the molecule is O=C(O)[C@H]1C[C@@H](Cl)CN(c2ccc([N+](=O)[O-])cc2[N+](=O)[O-])N1. The fourth-order valence-electron chi connectivity index (χ4n) is 2.15. The first-order chi connectivity index (χ1) is 10.3. The lowest BCUT2D eigenvalue weighted by molar-refractivity contribution is -0.393. The molecule has 2 rings (SSSR count). The average Bonchev–Trinajstić information content (AvgIpc) is 2.45. The molecule has 0 aliphatic carbocycles. The number of non-ortho nitro benzene ring substituents is 1. The van der Waals surface area contributed by atoms with E-state index in [9.17, 15) is 25.0 Å². The van der Waals surface area contributed by atoms with E-state index >= 15 is 0 Å². The van der Waals surface area contributed by atoms with Crippen LogP contribution in [-0.4, -0.2) is 38.9 Å². The van der Waals surface area contributed by atoms with Crippen LogP contribution in [-0.2, 0) is 4.79 Å². The number of hydrazine groups is 1. The summed E-state index contributed by atoms with van der Waals surface area (Å²) in [6.45, 7) is 0.129. The zero-order valence-electron chi connectivity index (χ0n) is 11.0. The highest BCUT2D eigenvalue weighted by atomic mass is 35.5. The van der Waals surface area contributed by atoms with E-state index in [1.165, 1.54) is 11.1 Å². The molecule has 2 atom stereocenters. The first kappa shape index (κ1) is 15.9. The third-order valence-electron chi connectivity index (χ3n) is 3.14. The molecular weight excluding hydrogens is 320 g/mol. The maximum atomic E-state index is 11.1. The van der Waals surface area contributed by atoms with E-state index < -0.39 is 38.6 Å². The number of benzene rings is 1. The van der Waals surface area contributed by atoms with E-state index in [4.69, 9.17) is 16.7 Å². The number of carboxylic acid groups (broad SMARTS) is 1. The molecule has 1 heterocycles. The van der Waals surface area contributed by atoms with Gasteiger partial charge in [0.25, 0.3) is 5.69 Å². The number of rotatable bonds is 4. The molecule has 1 saturated heterocycles. The predicted molar refractivity (Wildman–Crippen MR) is 75.9 cm³/mol. The molecule has 0 amide bonds. The standard InChI is InChI=1S/C11H11ClN4O6/c12-6-3-8(11(17)18)13-14(5-6)9-2-1-7(15(19)20)4-10(9)16(21)22/h1-2,4,6,8,13H,3,5H2,(H,17,18)/t6-,8-/m1/s1. The summed E-state index contributed by atoms with van der Waals surface area (Å²) in [5.74, 6) is -1.14. The maximum Gasteiger partial charge on any atom is 0.322 e. The Morgan fingerprint density at radius 2 is 2.05 bits per heavy atom. The number of aliphatic carboxylic acids is 1. The zero-order valence-corrected chi connectivity index (χ0v) is 11.8. The molecule has 1 aromatic rings. The smallest absolute Gasteiger partial charge is 0.322 e. The summed E-state index contributed by atoms with van der Waals surface area (Å²) in [4.78, 5) is 31.4. The molecule has 2 N–H and O–H groups in total. The fraction of sp³-hybridized carbons (Fsp3) is 0.364. The van der Waals surface area contributed by atoms with Gasteiger partial charge in [0.15, 0.2) is 0 Å². The summed E-state index contributed by atoms with van der Waals surface area (Å²) in [5.41, 5.74) is 1.71. The zero-order chi connectivity index (χ0) is 16.4. The lowest BCUT2D eigenvalue weighted by Crippen LogP contribution is -2.56. The molecule has 1 aromatic carbocycles. The number of halogens is 1. The van der Waals surface area contributed by atoms with Gasteiger partial charge < -0.3 is 5.11 Å². The summed E-state index contributed by atoms with van der Waals surface area (Å²) < 4.78 is 0. The summed E-state index contributed by atoms with van der Waals surface area (Å²) in [5, 5.41) is 31.6. The van der Waals surface area contributed by atoms with Crippen molar-refractivity contribution in [3.8, 4) is 0 Å². The molecule has 1 aliphatic heterocycles. The van der Waals surface area contributed by atoms with Gasteiger partial charge in [0.2, 0.25) is 0 Å². The summed E-state index contributed by atoms with van der Waals surface area (Å²) in [7, 11) is 0. The maximum absolute atomic E-state index is 11.1. The van der Waals surface area contributed by atoms with Gasteiger partial charge in [-0.1, -0.05) is 0 Å². The normalized spacial score (nSPS) is 21.4. The molecule has 118 valence electrons. The number of alkyl halides is 1. The van der Waals surface area contributed by atoms with Crippen molar-refractivity contribution in [1.29, 1.82) is 0 Å². The van der Waals surface area contributed by atoms with E-state index in [-0.39, 0.29) is 18.7 Å². The second kappa shape index (κ2) is 6.12. The lowest BCUT2D eigenvalue weighted by Gasteiger charge is -2.35. The van der Waals surface area contributed by atoms with Crippen LogP contribution >= 0.6 is 11.6 Å². The topological polar surface area (TPSA) is 139 Å². The van der Waals surface area contributed by atoms with Gasteiger partial charge in [-0.25, -0.2) is 5.43 Å². The number of carbonyl (C=O) groups is 1. The minimum atomic E-state index is -1.14. The third-order valence-corrected chi connectivity index (χ3v) is 3.46. The predicted octanol–water partition coefficient (Wildman–Crippen LogP) is 1.28. The molecule has 11 heteroatoms. The summed E-state index contributed by atoms with van der Waals surface area (Å²) >= 11 is 5.99. The summed E-state index contributed by atoms with van der Waals surface area (Å²) in [6.07, 6.45) is 0.161. The van der Waals surface area contributed by atoms with E-state index in [1.807, 2.05) is 0 Å². The minimum Gasteiger partial charge on any atom is -0.480 e. The number of nitrogens with one attached hydrogen (secondary N) is 1. The minimum absolute atomic E-state index is 0.0206. The molecule has 1 aliphatic rings. The van der Waals surface area contributed by atoms with Gasteiger partial charge in [0.05, 0.1) is 27.8 Å². The Morgan fingerprint density at radius 3 is 2.59 bits per heavy atom. The quantitative estimate of drug-likeness (QED) is 0.478. The van der Waals surface area contributed by atoms with Gasteiger partial charge >= 0.3 is 11.7 Å². The molecule has 10 nitrogen and oxygen atoms in total. The highest BCUT2D eigenvalue weighted by molar-refractivity contribution is 6.21. The second-order valence-corrected chi connectivity index (χ2v) is 5.27. The second-order valence-electron chi connectivity index (χ2n) is 4.65. The molecular formula is C11H11ClN4O6. The molecule has 0 aromatic heterocycles. The van der Waals surface area contributed by atoms with Crippen molar-refractivity contribution in [3.63, 3.8) is 0 Å². The molecule has 22 heavy (non-hydrogen) atoms. The number of nitro groups is 2. The Kier molecular flexibility index (Phi) is 4.43. The number of carboxylic acids is 1.